The van der Waals surface area contributed by atoms with Crippen LogP contribution in [0, 0.1) is 39.5 Å². The number of benzene rings is 3. The highest BCUT2D eigenvalue weighted by atomic mass is 16.7. The van der Waals surface area contributed by atoms with Crippen molar-refractivity contribution in [3.8, 4) is 22.6 Å². The third-order valence-electron chi connectivity index (χ3n) is 8.79. The van der Waals surface area contributed by atoms with Crippen molar-refractivity contribution in [1.82, 2.24) is 0 Å². The van der Waals surface area contributed by atoms with Crippen molar-refractivity contribution in [2.75, 3.05) is 13.2 Å². The summed E-state index contributed by atoms with van der Waals surface area (Å²) in [5.41, 5.74) is 9.35. The number of hydrogen-bond acceptors (Lipinski definition) is 6. The molecule has 3 aromatic carbocycles. The van der Waals surface area contributed by atoms with Gasteiger partial charge in [0, 0.05) is 23.0 Å². The largest absolute Gasteiger partial charge is 0.457 e. The van der Waals surface area contributed by atoms with Gasteiger partial charge in [-0.05, 0) is 93.1 Å². The molecule has 3 aromatic rings. The van der Waals surface area contributed by atoms with E-state index in [0.717, 1.165) is 34.8 Å². The summed E-state index contributed by atoms with van der Waals surface area (Å²) in [7, 11) is 0. The average molecular weight is 561 g/mol. The van der Waals surface area contributed by atoms with E-state index in [0.29, 0.717) is 18.4 Å². The summed E-state index contributed by atoms with van der Waals surface area (Å²) in [5.74, 6) is 2.45. The molecule has 2 fully saturated rings. The second kappa shape index (κ2) is 13.3. The highest BCUT2D eigenvalue weighted by Crippen LogP contribution is 2.39. The maximum Gasteiger partial charge on any atom is 0.184 e. The third kappa shape index (κ3) is 6.57. The molecule has 6 unspecified atom stereocenters. The Kier molecular flexibility index (Phi) is 10.0. The first-order valence-corrected chi connectivity index (χ1v) is 14.5. The Morgan fingerprint density at radius 3 is 1.73 bits per heavy atom. The quantitative estimate of drug-likeness (QED) is 0.313. The van der Waals surface area contributed by atoms with Crippen LogP contribution in [0.1, 0.15) is 73.7 Å². The van der Waals surface area contributed by atoms with Gasteiger partial charge in [-0.2, -0.15) is 0 Å². The lowest BCUT2D eigenvalue weighted by Gasteiger charge is -2.34. The Hall–Kier alpha value is -3.03. The van der Waals surface area contributed by atoms with E-state index in [-0.39, 0.29) is 24.8 Å². The van der Waals surface area contributed by atoms with Crippen molar-refractivity contribution in [3.05, 3.63) is 81.9 Å². The van der Waals surface area contributed by atoms with Crippen molar-refractivity contribution < 1.29 is 28.5 Å². The Bertz CT molecular complexity index is 1330. The van der Waals surface area contributed by atoms with Gasteiger partial charge in [0.05, 0.1) is 25.4 Å². The first kappa shape index (κ1) is 30.9. The van der Waals surface area contributed by atoms with Gasteiger partial charge in [-0.3, -0.25) is 0 Å². The summed E-state index contributed by atoms with van der Waals surface area (Å²) >= 11 is 0. The number of ether oxygens (including phenoxy) is 5. The zero-order chi connectivity index (χ0) is 29.8. The van der Waals surface area contributed by atoms with Crippen LogP contribution in [0.25, 0.3) is 11.1 Å². The van der Waals surface area contributed by atoms with E-state index in [9.17, 15) is 0 Å². The van der Waals surface area contributed by atoms with Crippen LogP contribution in [-0.4, -0.2) is 32.2 Å². The molecule has 0 aromatic heterocycles. The molecule has 2 heterocycles. The molecule has 0 radical (unpaired) electrons. The first-order chi connectivity index (χ1) is 19.6. The molecule has 5 rings (SSSR count). The van der Waals surface area contributed by atoms with E-state index in [1.54, 1.807) is 0 Å². The average Bonchev–Trinajstić information content (AvgIpc) is 2.98. The van der Waals surface area contributed by atoms with Gasteiger partial charge in [0.2, 0.25) is 0 Å². The minimum atomic E-state index is -0.324. The van der Waals surface area contributed by atoms with Gasteiger partial charge < -0.3 is 28.5 Å². The zero-order valence-corrected chi connectivity index (χ0v) is 25.7. The number of rotatable bonds is 5. The van der Waals surface area contributed by atoms with Gasteiger partial charge >= 0.3 is 0 Å². The summed E-state index contributed by atoms with van der Waals surface area (Å²) in [6.07, 6.45) is -0.279. The molecular weight excluding hydrogens is 516 g/mol. The summed E-state index contributed by atoms with van der Waals surface area (Å²) in [6.45, 7) is 20.6. The fourth-order valence-electron chi connectivity index (χ4n) is 5.23. The Morgan fingerprint density at radius 2 is 1.15 bits per heavy atom. The van der Waals surface area contributed by atoms with Gasteiger partial charge in [0.1, 0.15) is 18.3 Å². The molecule has 2 aliphatic rings. The van der Waals surface area contributed by atoms with Crippen molar-refractivity contribution in [2.45, 2.75) is 80.2 Å². The van der Waals surface area contributed by atoms with Gasteiger partial charge in [0.25, 0.3) is 0 Å². The molecular formula is C35H44O6. The van der Waals surface area contributed by atoms with Crippen molar-refractivity contribution in [1.29, 1.82) is 0 Å². The fourth-order valence-corrected chi connectivity index (χ4v) is 5.23. The molecule has 0 spiro atoms. The number of carbonyl (C=O) groups excluding carboxylic acids is 1. The molecule has 0 aliphatic carbocycles. The Balaban J connectivity index is 0.00000189. The van der Waals surface area contributed by atoms with Crippen LogP contribution in [-0.2, 0) is 23.7 Å². The highest BCUT2D eigenvalue weighted by molar-refractivity contribution is 5.74. The normalized spacial score (nSPS) is 26.1. The maximum atomic E-state index is 8.00. The monoisotopic (exact) mass is 560 g/mol. The number of carbonyl (C=O) groups is 1. The predicted octanol–water partition coefficient (Wildman–Crippen LogP) is 8.33. The highest BCUT2D eigenvalue weighted by Gasteiger charge is 2.29. The molecule has 6 nitrogen and oxygen atoms in total. The molecule has 0 amide bonds. The lowest BCUT2D eigenvalue weighted by molar-refractivity contribution is -0.233. The van der Waals surface area contributed by atoms with Crippen molar-refractivity contribution in [2.24, 2.45) is 11.8 Å². The third-order valence-corrected chi connectivity index (χ3v) is 8.79. The van der Waals surface area contributed by atoms with Crippen LogP contribution in [0.4, 0.5) is 0 Å². The smallest absolute Gasteiger partial charge is 0.184 e. The molecule has 0 N–H and O–H groups in total. The summed E-state index contributed by atoms with van der Waals surface area (Å²) in [6, 6.07) is 16.6. The van der Waals surface area contributed by atoms with Crippen molar-refractivity contribution in [3.63, 3.8) is 0 Å². The molecule has 2 saturated heterocycles. The van der Waals surface area contributed by atoms with E-state index in [1.807, 2.05) is 31.1 Å². The van der Waals surface area contributed by atoms with Crippen LogP contribution >= 0.6 is 0 Å². The maximum absolute atomic E-state index is 8.00. The second-order valence-electron chi connectivity index (χ2n) is 11.5. The standard InChI is InChI=1S/C34H42O5.CH2O/c1-19-17-35-33(37-25(19)7)27-9-11-28(12-10-27)39-32-16-15-30(23(5)24(32)6)29-13-14-31(22(4)21(29)3)34-36-18-20(2)26(8)38-34;1-2/h9-16,19-20,25-26,33-34H,17-18H2,1-8H3;1H2. The Morgan fingerprint density at radius 1 is 0.634 bits per heavy atom. The lowest BCUT2D eigenvalue weighted by atomic mass is 9.89. The molecule has 2 aliphatic heterocycles. The molecule has 6 heteroatoms. The molecule has 0 bridgehead atoms. The lowest BCUT2D eigenvalue weighted by Crippen LogP contribution is -2.32. The molecule has 220 valence electrons. The van der Waals surface area contributed by atoms with E-state index < -0.39 is 0 Å². The van der Waals surface area contributed by atoms with Gasteiger partial charge in [-0.15, -0.1) is 0 Å². The summed E-state index contributed by atoms with van der Waals surface area (Å²) < 4.78 is 30.4. The second-order valence-corrected chi connectivity index (χ2v) is 11.5. The number of hydrogen-bond donors (Lipinski definition) is 0. The molecule has 41 heavy (non-hydrogen) atoms. The minimum absolute atomic E-state index is 0.175. The summed E-state index contributed by atoms with van der Waals surface area (Å²) in [5, 5.41) is 0. The van der Waals surface area contributed by atoms with E-state index in [4.69, 9.17) is 28.5 Å². The molecule has 0 saturated carbocycles. The van der Waals surface area contributed by atoms with Crippen molar-refractivity contribution >= 4 is 6.79 Å². The summed E-state index contributed by atoms with van der Waals surface area (Å²) in [4.78, 5) is 8.00. The van der Waals surface area contributed by atoms with E-state index in [1.165, 1.54) is 27.8 Å². The van der Waals surface area contributed by atoms with Crippen LogP contribution in [0.2, 0.25) is 0 Å². The SMILES string of the molecule is C=O.Cc1c(Oc2ccc(C3OCC(C)C(C)O3)cc2)ccc(-c2ccc(C3OCC(C)C(C)O3)c(C)c2C)c1C. The van der Waals surface area contributed by atoms with Crippen LogP contribution < -0.4 is 4.74 Å². The fraction of sp³-hybridized carbons (Fsp3) is 0.457. The van der Waals surface area contributed by atoms with E-state index >= 15 is 0 Å². The van der Waals surface area contributed by atoms with E-state index in [2.05, 4.69) is 79.7 Å². The van der Waals surface area contributed by atoms with Gasteiger partial charge in [-0.1, -0.05) is 44.2 Å². The molecule has 6 atom stereocenters. The minimum Gasteiger partial charge on any atom is -0.457 e. The Labute approximate surface area is 244 Å². The topological polar surface area (TPSA) is 63.2 Å². The predicted molar refractivity (Wildman–Crippen MR) is 161 cm³/mol. The van der Waals surface area contributed by atoms with Crippen LogP contribution in [0.5, 0.6) is 11.5 Å². The van der Waals surface area contributed by atoms with Crippen LogP contribution in [0.15, 0.2) is 48.5 Å². The van der Waals surface area contributed by atoms with Gasteiger partial charge in [0.15, 0.2) is 12.6 Å². The zero-order valence-electron chi connectivity index (χ0n) is 25.7. The van der Waals surface area contributed by atoms with Crippen LogP contribution in [0.3, 0.4) is 0 Å². The first-order valence-electron chi connectivity index (χ1n) is 14.5. The van der Waals surface area contributed by atoms with Gasteiger partial charge in [-0.25, -0.2) is 0 Å².